The molecule has 0 saturated carbocycles. The third-order valence-electron chi connectivity index (χ3n) is 13.9. The SMILES string of the molecule is CCCCCCCCCCCCCCCCC(CCCCCCCCCC)C(CCCCCCCCCCCC)CCCCCCCCCCCCCCCC. The molecule has 0 heteroatoms. The number of hydrogen-bond acceptors (Lipinski definition) is 0. The second-order valence-electron chi connectivity index (χ2n) is 19.5. The van der Waals surface area contributed by atoms with Crippen LogP contribution in [0, 0.1) is 11.8 Å². The lowest BCUT2D eigenvalue weighted by molar-refractivity contribution is 0.236. The molecule has 56 heavy (non-hydrogen) atoms. The minimum Gasteiger partial charge on any atom is -0.0654 e. The van der Waals surface area contributed by atoms with Crippen LogP contribution in [0.25, 0.3) is 0 Å². The molecule has 0 aliphatic heterocycles. The van der Waals surface area contributed by atoms with E-state index in [0.717, 1.165) is 11.8 Å². The molecule has 338 valence electrons. The van der Waals surface area contributed by atoms with Gasteiger partial charge in [0.15, 0.2) is 0 Å². The van der Waals surface area contributed by atoms with Crippen molar-refractivity contribution in [3.05, 3.63) is 0 Å². The molecule has 2 unspecified atom stereocenters. The van der Waals surface area contributed by atoms with Crippen LogP contribution in [0.3, 0.4) is 0 Å². The van der Waals surface area contributed by atoms with E-state index in [0.29, 0.717) is 0 Å². The zero-order chi connectivity index (χ0) is 40.5. The first-order chi connectivity index (χ1) is 27.8. The summed E-state index contributed by atoms with van der Waals surface area (Å²) < 4.78 is 0. The highest BCUT2D eigenvalue weighted by Gasteiger charge is 2.21. The summed E-state index contributed by atoms with van der Waals surface area (Å²) in [5.41, 5.74) is 0. The fraction of sp³-hybridized carbons (Fsp3) is 1.00. The van der Waals surface area contributed by atoms with Crippen LogP contribution in [0.5, 0.6) is 0 Å². The zero-order valence-electron chi connectivity index (χ0n) is 40.5. The average molecular weight is 788 g/mol. The third-order valence-corrected chi connectivity index (χ3v) is 13.9. The van der Waals surface area contributed by atoms with E-state index in [1.54, 1.807) is 25.7 Å². The van der Waals surface area contributed by atoms with Crippen molar-refractivity contribution in [2.45, 2.75) is 349 Å². The van der Waals surface area contributed by atoms with Gasteiger partial charge >= 0.3 is 0 Å². The lowest BCUT2D eigenvalue weighted by atomic mass is 9.78. The summed E-state index contributed by atoms with van der Waals surface area (Å²) >= 11 is 0. The predicted octanol–water partition coefficient (Wildman–Crippen LogP) is 21.8. The van der Waals surface area contributed by atoms with Crippen LogP contribution < -0.4 is 0 Å². The summed E-state index contributed by atoms with van der Waals surface area (Å²) in [6, 6.07) is 0. The standard InChI is InChI=1S/C56H114/c1-5-9-13-17-21-25-28-30-32-34-37-41-45-49-53-55(51-47-43-39-24-20-16-12-8-4)56(52-48-44-40-36-27-23-19-15-11-7-3)54-50-46-42-38-35-33-31-29-26-22-18-14-10-6-2/h55-56H,5-54H2,1-4H3. The van der Waals surface area contributed by atoms with Gasteiger partial charge in [-0.05, 0) is 11.8 Å². The maximum Gasteiger partial charge on any atom is -0.0386 e. The second-order valence-corrected chi connectivity index (χ2v) is 19.5. The van der Waals surface area contributed by atoms with Crippen LogP contribution in [0.15, 0.2) is 0 Å². The Bertz CT molecular complexity index is 650. The quantitative estimate of drug-likeness (QED) is 0.0539. The Kier molecular flexibility index (Phi) is 51.1. The molecule has 0 spiro atoms. The second kappa shape index (κ2) is 51.1. The molecule has 0 saturated heterocycles. The van der Waals surface area contributed by atoms with Crippen molar-refractivity contribution in [1.82, 2.24) is 0 Å². The van der Waals surface area contributed by atoms with E-state index >= 15 is 0 Å². The molecule has 0 aliphatic carbocycles. The van der Waals surface area contributed by atoms with Gasteiger partial charge in [0, 0.05) is 0 Å². The van der Waals surface area contributed by atoms with Gasteiger partial charge in [-0.2, -0.15) is 0 Å². The fourth-order valence-corrected chi connectivity index (χ4v) is 9.87. The molecule has 0 aromatic carbocycles. The lowest BCUT2D eigenvalue weighted by Gasteiger charge is -2.28. The van der Waals surface area contributed by atoms with Crippen molar-refractivity contribution in [2.24, 2.45) is 11.8 Å². The van der Waals surface area contributed by atoms with E-state index in [9.17, 15) is 0 Å². The van der Waals surface area contributed by atoms with Crippen molar-refractivity contribution in [2.75, 3.05) is 0 Å². The molecule has 0 bridgehead atoms. The van der Waals surface area contributed by atoms with Gasteiger partial charge in [-0.25, -0.2) is 0 Å². The highest BCUT2D eigenvalue weighted by atomic mass is 14.3. The van der Waals surface area contributed by atoms with Crippen molar-refractivity contribution in [1.29, 1.82) is 0 Å². The topological polar surface area (TPSA) is 0 Å². The molecule has 0 amide bonds. The van der Waals surface area contributed by atoms with E-state index in [2.05, 4.69) is 27.7 Å². The Morgan fingerprint density at radius 2 is 0.250 bits per heavy atom. The molecule has 0 rings (SSSR count). The van der Waals surface area contributed by atoms with E-state index in [1.807, 2.05) is 0 Å². The maximum absolute atomic E-state index is 2.35. The molecule has 0 radical (unpaired) electrons. The third kappa shape index (κ3) is 45.1. The summed E-state index contributed by atoms with van der Waals surface area (Å²) in [5, 5.41) is 0. The molecule has 0 fully saturated rings. The lowest BCUT2D eigenvalue weighted by Crippen LogP contribution is -2.16. The van der Waals surface area contributed by atoms with Gasteiger partial charge < -0.3 is 0 Å². The van der Waals surface area contributed by atoms with Crippen LogP contribution in [-0.4, -0.2) is 0 Å². The van der Waals surface area contributed by atoms with Gasteiger partial charge in [0.1, 0.15) is 0 Å². The highest BCUT2D eigenvalue weighted by molar-refractivity contribution is 4.72. The smallest absolute Gasteiger partial charge is 0.0386 e. The highest BCUT2D eigenvalue weighted by Crippen LogP contribution is 2.34. The first-order valence-electron chi connectivity index (χ1n) is 27.8. The van der Waals surface area contributed by atoms with Gasteiger partial charge in [0.2, 0.25) is 0 Å². The maximum atomic E-state index is 2.35. The molecule has 0 aliphatic rings. The van der Waals surface area contributed by atoms with Crippen molar-refractivity contribution in [3.63, 3.8) is 0 Å². The Morgan fingerprint density at radius 1 is 0.143 bits per heavy atom. The van der Waals surface area contributed by atoms with Crippen molar-refractivity contribution >= 4 is 0 Å². The summed E-state index contributed by atoms with van der Waals surface area (Å²) in [6.07, 6.45) is 74.3. The van der Waals surface area contributed by atoms with Gasteiger partial charge in [-0.1, -0.05) is 349 Å². The summed E-state index contributed by atoms with van der Waals surface area (Å²) in [7, 11) is 0. The average Bonchev–Trinajstić information content (AvgIpc) is 3.21. The minimum absolute atomic E-state index is 1.02. The number of unbranched alkanes of at least 4 members (excludes halogenated alkanes) is 42. The molecule has 2 atom stereocenters. The Labute approximate surface area is 359 Å². The fourth-order valence-electron chi connectivity index (χ4n) is 9.87. The van der Waals surface area contributed by atoms with Gasteiger partial charge in [0.25, 0.3) is 0 Å². The van der Waals surface area contributed by atoms with Crippen molar-refractivity contribution in [3.8, 4) is 0 Å². The predicted molar refractivity (Wildman–Crippen MR) is 261 cm³/mol. The molecule has 0 nitrogen and oxygen atoms in total. The van der Waals surface area contributed by atoms with Gasteiger partial charge in [-0.15, -0.1) is 0 Å². The van der Waals surface area contributed by atoms with E-state index in [4.69, 9.17) is 0 Å². The van der Waals surface area contributed by atoms with E-state index in [-0.39, 0.29) is 0 Å². The van der Waals surface area contributed by atoms with E-state index in [1.165, 1.54) is 295 Å². The minimum atomic E-state index is 1.02. The molecular weight excluding hydrogens is 673 g/mol. The molecule has 0 N–H and O–H groups in total. The first kappa shape index (κ1) is 56.0. The number of rotatable bonds is 51. The van der Waals surface area contributed by atoms with E-state index < -0.39 is 0 Å². The van der Waals surface area contributed by atoms with Crippen LogP contribution in [-0.2, 0) is 0 Å². The number of hydrogen-bond donors (Lipinski definition) is 0. The van der Waals surface area contributed by atoms with Gasteiger partial charge in [0.05, 0.1) is 0 Å². The van der Waals surface area contributed by atoms with Crippen LogP contribution in [0.2, 0.25) is 0 Å². The molecular formula is C56H114. The van der Waals surface area contributed by atoms with Crippen LogP contribution >= 0.6 is 0 Å². The Balaban J connectivity index is 4.74. The van der Waals surface area contributed by atoms with Crippen LogP contribution in [0.4, 0.5) is 0 Å². The van der Waals surface area contributed by atoms with Crippen molar-refractivity contribution < 1.29 is 0 Å². The Hall–Kier alpha value is 0. The Morgan fingerprint density at radius 3 is 0.375 bits per heavy atom. The first-order valence-corrected chi connectivity index (χ1v) is 27.8. The molecule has 0 aromatic heterocycles. The zero-order valence-corrected chi connectivity index (χ0v) is 40.5. The van der Waals surface area contributed by atoms with Gasteiger partial charge in [-0.3, -0.25) is 0 Å². The normalized spacial score (nSPS) is 12.9. The summed E-state index contributed by atoms with van der Waals surface area (Å²) in [4.78, 5) is 0. The van der Waals surface area contributed by atoms with Crippen LogP contribution in [0.1, 0.15) is 349 Å². The molecule has 0 aromatic rings. The summed E-state index contributed by atoms with van der Waals surface area (Å²) in [5.74, 6) is 2.04. The summed E-state index contributed by atoms with van der Waals surface area (Å²) in [6.45, 7) is 9.35. The monoisotopic (exact) mass is 787 g/mol. The molecule has 0 heterocycles. The largest absolute Gasteiger partial charge is 0.0654 e.